The van der Waals surface area contributed by atoms with Gasteiger partial charge in [0, 0.05) is 30.6 Å². The largest absolute Gasteiger partial charge is 0.492 e. The van der Waals surface area contributed by atoms with E-state index in [0.29, 0.717) is 12.8 Å². The molecule has 33 heavy (non-hydrogen) atoms. The van der Waals surface area contributed by atoms with Gasteiger partial charge in [-0.25, -0.2) is 13.6 Å². The van der Waals surface area contributed by atoms with Crippen LogP contribution in [0.3, 0.4) is 0 Å². The number of anilines is 1. The highest BCUT2D eigenvalue weighted by Crippen LogP contribution is 2.46. The number of nitrogens with zero attached hydrogens (tertiary/aromatic N) is 2. The Morgan fingerprint density at radius 3 is 2.48 bits per heavy atom. The van der Waals surface area contributed by atoms with Gasteiger partial charge in [-0.1, -0.05) is 12.8 Å². The number of alkyl halides is 1. The summed E-state index contributed by atoms with van der Waals surface area (Å²) in [6.07, 6.45) is 1.07. The number of aryl methyl sites for hydroxylation is 1. The summed E-state index contributed by atoms with van der Waals surface area (Å²) in [6.45, 7) is 1.22. The smallest absolute Gasteiger partial charge is 0.329 e. The third-order valence-electron chi connectivity index (χ3n) is 7.63. The van der Waals surface area contributed by atoms with E-state index in [1.807, 2.05) is 0 Å². The Morgan fingerprint density at radius 1 is 1.21 bits per heavy atom. The number of aliphatic hydroxyl groups is 2. The number of rotatable bonds is 5. The molecule has 1 aromatic heterocycles. The molecule has 1 aromatic carbocycles. The van der Waals surface area contributed by atoms with Crippen molar-refractivity contribution < 1.29 is 23.7 Å². The summed E-state index contributed by atoms with van der Waals surface area (Å²) in [5.74, 6) is -1.63. The Bertz CT molecular complexity index is 1220. The average Bonchev–Trinajstić information content (AvgIpc) is 3.38. The van der Waals surface area contributed by atoms with Crippen LogP contribution in [0, 0.1) is 18.7 Å². The minimum absolute atomic E-state index is 0.00474. The molecule has 8 nitrogen and oxygen atoms in total. The SMILES string of the molecule is COc1c(N2CC(F)C(C(O)C3(O)CCCC3)C2)c(F)c(C)c2c(=O)[nH]c(=O)n(C3CC3)c12. The maximum atomic E-state index is 15.7. The Balaban J connectivity index is 1.65. The van der Waals surface area contributed by atoms with E-state index in [9.17, 15) is 19.8 Å². The number of aromatic amines is 1. The summed E-state index contributed by atoms with van der Waals surface area (Å²) in [7, 11) is 1.33. The number of H-pyrrole nitrogens is 1. The molecular weight excluding hydrogens is 436 g/mol. The monoisotopic (exact) mass is 465 g/mol. The van der Waals surface area contributed by atoms with Gasteiger partial charge >= 0.3 is 5.69 Å². The van der Waals surface area contributed by atoms with Crippen LogP contribution in [0.25, 0.3) is 10.9 Å². The quantitative estimate of drug-likeness (QED) is 0.623. The van der Waals surface area contributed by atoms with Crippen molar-refractivity contribution in [2.24, 2.45) is 5.92 Å². The van der Waals surface area contributed by atoms with E-state index in [4.69, 9.17) is 4.74 Å². The van der Waals surface area contributed by atoms with Crippen LogP contribution >= 0.6 is 0 Å². The van der Waals surface area contributed by atoms with Crippen molar-refractivity contribution >= 4 is 16.6 Å². The second-order valence-electron chi connectivity index (χ2n) is 9.75. The zero-order valence-electron chi connectivity index (χ0n) is 18.7. The topological polar surface area (TPSA) is 108 Å². The highest BCUT2D eigenvalue weighted by molar-refractivity contribution is 5.93. The number of benzene rings is 1. The minimum Gasteiger partial charge on any atom is -0.492 e. The number of aliphatic hydroxyl groups excluding tert-OH is 1. The molecule has 5 rings (SSSR count). The zero-order chi connectivity index (χ0) is 23.7. The molecule has 2 saturated carbocycles. The van der Waals surface area contributed by atoms with E-state index in [2.05, 4.69) is 4.98 Å². The maximum Gasteiger partial charge on any atom is 0.329 e. The maximum absolute atomic E-state index is 15.7. The second kappa shape index (κ2) is 7.80. The molecule has 3 fully saturated rings. The molecule has 0 spiro atoms. The van der Waals surface area contributed by atoms with Gasteiger partial charge in [0.25, 0.3) is 5.56 Å². The average molecular weight is 465 g/mol. The highest BCUT2D eigenvalue weighted by atomic mass is 19.1. The van der Waals surface area contributed by atoms with Crippen LogP contribution < -0.4 is 20.9 Å². The Labute approximate surface area is 188 Å². The van der Waals surface area contributed by atoms with Gasteiger partial charge in [-0.15, -0.1) is 0 Å². The number of hydrogen-bond donors (Lipinski definition) is 3. The number of aromatic nitrogens is 2. The van der Waals surface area contributed by atoms with Crippen molar-refractivity contribution in [2.75, 3.05) is 25.1 Å². The van der Waals surface area contributed by atoms with Crippen molar-refractivity contribution in [1.82, 2.24) is 9.55 Å². The molecule has 3 atom stereocenters. The summed E-state index contributed by atoms with van der Waals surface area (Å²) in [5, 5.41) is 21.7. The van der Waals surface area contributed by atoms with E-state index in [0.717, 1.165) is 25.7 Å². The van der Waals surface area contributed by atoms with Gasteiger partial charge in [-0.2, -0.15) is 0 Å². The molecule has 0 radical (unpaired) electrons. The van der Waals surface area contributed by atoms with Crippen molar-refractivity contribution in [3.05, 3.63) is 32.2 Å². The third kappa shape index (κ3) is 3.37. The number of ether oxygens (including phenoxy) is 1. The van der Waals surface area contributed by atoms with Crippen LogP contribution in [0.1, 0.15) is 50.1 Å². The molecule has 3 aliphatic rings. The van der Waals surface area contributed by atoms with E-state index in [-0.39, 0.29) is 47.0 Å². The fourth-order valence-electron chi connectivity index (χ4n) is 5.73. The van der Waals surface area contributed by atoms with Crippen molar-refractivity contribution in [3.8, 4) is 5.75 Å². The van der Waals surface area contributed by atoms with Crippen LogP contribution in [0.15, 0.2) is 9.59 Å². The third-order valence-corrected chi connectivity index (χ3v) is 7.63. The molecule has 1 saturated heterocycles. The lowest BCUT2D eigenvalue weighted by molar-refractivity contribution is -0.102. The Hall–Kier alpha value is -2.46. The predicted molar refractivity (Wildman–Crippen MR) is 118 cm³/mol. The lowest BCUT2D eigenvalue weighted by Crippen LogP contribution is -2.47. The minimum atomic E-state index is -1.49. The zero-order valence-corrected chi connectivity index (χ0v) is 18.7. The lowest BCUT2D eigenvalue weighted by Gasteiger charge is -2.33. The van der Waals surface area contributed by atoms with Crippen LogP contribution in [0.4, 0.5) is 14.5 Å². The molecule has 0 amide bonds. The van der Waals surface area contributed by atoms with Crippen LogP contribution in [-0.2, 0) is 0 Å². The van der Waals surface area contributed by atoms with Crippen LogP contribution in [0.5, 0.6) is 5.75 Å². The second-order valence-corrected chi connectivity index (χ2v) is 9.75. The predicted octanol–water partition coefficient (Wildman–Crippen LogP) is 1.92. The Morgan fingerprint density at radius 2 is 1.88 bits per heavy atom. The first-order chi connectivity index (χ1) is 15.7. The first kappa shape index (κ1) is 22.3. The molecule has 3 N–H and O–H groups in total. The molecule has 10 heteroatoms. The van der Waals surface area contributed by atoms with Crippen LogP contribution in [0.2, 0.25) is 0 Å². The van der Waals surface area contributed by atoms with Gasteiger partial charge in [0.1, 0.15) is 17.4 Å². The van der Waals surface area contributed by atoms with Gasteiger partial charge in [0.05, 0.1) is 24.2 Å². The number of halogens is 2. The molecule has 2 heterocycles. The summed E-state index contributed by atoms with van der Waals surface area (Å²) in [5.41, 5.74) is -2.41. The number of fused-ring (bicyclic) bond motifs is 1. The lowest BCUT2D eigenvalue weighted by atomic mass is 9.84. The number of methoxy groups -OCH3 is 1. The van der Waals surface area contributed by atoms with Gasteiger partial charge in [-0.05, 0) is 32.6 Å². The van der Waals surface area contributed by atoms with E-state index < -0.39 is 40.9 Å². The molecular formula is C23H29F2N3O5. The van der Waals surface area contributed by atoms with Gasteiger partial charge in [0.2, 0.25) is 0 Å². The standard InChI is InChI=1S/C23H29F2N3O5/c1-11-15-17(28(12-5-6-12)22(31)26-21(15)30)19(33-2)18(16(11)25)27-9-13(14(24)10-27)20(29)23(32)7-3-4-8-23/h12-14,20,29,32H,3-10H2,1-2H3,(H,26,30,31). The van der Waals surface area contributed by atoms with Crippen molar-refractivity contribution in [1.29, 1.82) is 0 Å². The molecule has 2 aromatic rings. The highest BCUT2D eigenvalue weighted by Gasteiger charge is 2.49. The van der Waals surface area contributed by atoms with Crippen molar-refractivity contribution in [3.63, 3.8) is 0 Å². The molecule has 2 aliphatic carbocycles. The van der Waals surface area contributed by atoms with E-state index in [1.165, 1.54) is 23.5 Å². The summed E-state index contributed by atoms with van der Waals surface area (Å²) >= 11 is 0. The van der Waals surface area contributed by atoms with Gasteiger partial charge < -0.3 is 19.8 Å². The first-order valence-corrected chi connectivity index (χ1v) is 11.5. The van der Waals surface area contributed by atoms with Gasteiger partial charge in [0.15, 0.2) is 11.6 Å². The fraction of sp³-hybridized carbons (Fsp3) is 0.652. The van der Waals surface area contributed by atoms with E-state index in [1.54, 1.807) is 0 Å². The molecule has 180 valence electrons. The fourth-order valence-corrected chi connectivity index (χ4v) is 5.73. The molecule has 3 unspecified atom stereocenters. The molecule has 0 bridgehead atoms. The number of nitrogens with one attached hydrogen (secondary N) is 1. The van der Waals surface area contributed by atoms with Gasteiger partial charge in [-0.3, -0.25) is 14.3 Å². The summed E-state index contributed by atoms with van der Waals surface area (Å²) < 4.78 is 37.8. The summed E-state index contributed by atoms with van der Waals surface area (Å²) in [4.78, 5) is 29.0. The van der Waals surface area contributed by atoms with Crippen molar-refractivity contribution in [2.45, 2.75) is 69.4 Å². The Kier molecular flexibility index (Phi) is 5.28. The molecule has 1 aliphatic heterocycles. The number of hydrogen-bond acceptors (Lipinski definition) is 6. The normalized spacial score (nSPS) is 25.7. The summed E-state index contributed by atoms with van der Waals surface area (Å²) in [6, 6.07) is -0.123. The first-order valence-electron chi connectivity index (χ1n) is 11.5. The van der Waals surface area contributed by atoms with E-state index >= 15 is 8.78 Å². The van der Waals surface area contributed by atoms with Crippen LogP contribution in [-0.4, -0.2) is 57.8 Å².